The third-order valence-electron chi connectivity index (χ3n) is 4.36. The van der Waals surface area contributed by atoms with E-state index in [9.17, 15) is 4.79 Å². The number of rotatable bonds is 4. The Kier molecular flexibility index (Phi) is 8.82. The zero-order valence-corrected chi connectivity index (χ0v) is 13.6. The SMILES string of the molecule is CCN1CCN(C=O)CCN(CC)CCN(CC)CC1. The van der Waals surface area contributed by atoms with Crippen molar-refractivity contribution in [2.24, 2.45) is 0 Å². The van der Waals surface area contributed by atoms with E-state index in [0.29, 0.717) is 0 Å². The summed E-state index contributed by atoms with van der Waals surface area (Å²) in [4.78, 5) is 20.5. The van der Waals surface area contributed by atoms with Crippen LogP contribution in [0.25, 0.3) is 0 Å². The van der Waals surface area contributed by atoms with Crippen molar-refractivity contribution in [3.05, 3.63) is 0 Å². The third kappa shape index (κ3) is 6.20. The Morgan fingerprint density at radius 1 is 0.650 bits per heavy atom. The van der Waals surface area contributed by atoms with Gasteiger partial charge in [-0.2, -0.15) is 0 Å². The lowest BCUT2D eigenvalue weighted by atomic mass is 10.3. The zero-order valence-electron chi connectivity index (χ0n) is 13.6. The van der Waals surface area contributed by atoms with E-state index < -0.39 is 0 Å². The van der Waals surface area contributed by atoms with E-state index in [0.717, 1.165) is 78.4 Å². The summed E-state index contributed by atoms with van der Waals surface area (Å²) in [6, 6.07) is 0. The second kappa shape index (κ2) is 10.1. The minimum atomic E-state index is 0.848. The highest BCUT2D eigenvalue weighted by Gasteiger charge is 2.13. The molecule has 0 aromatic carbocycles. The zero-order chi connectivity index (χ0) is 14.8. The Labute approximate surface area is 124 Å². The predicted octanol–water partition coefficient (Wildman–Crippen LogP) is 0.424. The average molecular weight is 284 g/mol. The van der Waals surface area contributed by atoms with E-state index in [2.05, 4.69) is 35.5 Å². The van der Waals surface area contributed by atoms with Crippen LogP contribution in [0.1, 0.15) is 20.8 Å². The molecule has 0 saturated carbocycles. The number of carbonyl (C=O) groups excluding carboxylic acids is 1. The maximum absolute atomic E-state index is 11.1. The Balaban J connectivity index is 2.61. The Bertz CT molecular complexity index is 242. The maximum Gasteiger partial charge on any atom is 0.209 e. The summed E-state index contributed by atoms with van der Waals surface area (Å²) in [6.45, 7) is 18.0. The summed E-state index contributed by atoms with van der Waals surface area (Å²) in [5, 5.41) is 0. The molecule has 0 spiro atoms. The molecule has 0 aromatic heterocycles. The van der Waals surface area contributed by atoms with E-state index >= 15 is 0 Å². The van der Waals surface area contributed by atoms with E-state index in [1.54, 1.807) is 0 Å². The number of nitrogens with zero attached hydrogens (tertiary/aromatic N) is 4. The fraction of sp³-hybridized carbons (Fsp3) is 0.933. The Hall–Kier alpha value is -0.650. The quantitative estimate of drug-likeness (QED) is 0.700. The van der Waals surface area contributed by atoms with Crippen molar-refractivity contribution in [1.29, 1.82) is 0 Å². The molecular weight excluding hydrogens is 252 g/mol. The van der Waals surface area contributed by atoms with Gasteiger partial charge in [0.25, 0.3) is 0 Å². The normalized spacial score (nSPS) is 22.2. The van der Waals surface area contributed by atoms with Crippen molar-refractivity contribution in [2.75, 3.05) is 72.0 Å². The highest BCUT2D eigenvalue weighted by atomic mass is 16.1. The standard InChI is InChI=1S/C15H32N4O/c1-4-16-7-9-17(5-2)11-13-19(15-20)14-12-18(6-3)10-8-16/h15H,4-14H2,1-3H3. The van der Waals surface area contributed by atoms with Crippen LogP contribution in [0.3, 0.4) is 0 Å². The summed E-state index contributed by atoms with van der Waals surface area (Å²) >= 11 is 0. The van der Waals surface area contributed by atoms with Gasteiger partial charge in [0, 0.05) is 52.4 Å². The molecule has 1 aliphatic rings. The molecular formula is C15H32N4O. The van der Waals surface area contributed by atoms with Crippen molar-refractivity contribution >= 4 is 6.41 Å². The monoisotopic (exact) mass is 284 g/mol. The highest BCUT2D eigenvalue weighted by molar-refractivity contribution is 5.46. The molecule has 118 valence electrons. The molecule has 1 rings (SSSR count). The number of carbonyl (C=O) groups is 1. The maximum atomic E-state index is 11.1. The highest BCUT2D eigenvalue weighted by Crippen LogP contribution is 1.99. The molecule has 20 heavy (non-hydrogen) atoms. The molecule has 5 nitrogen and oxygen atoms in total. The van der Waals surface area contributed by atoms with Crippen molar-refractivity contribution in [2.45, 2.75) is 20.8 Å². The van der Waals surface area contributed by atoms with Gasteiger partial charge in [0.2, 0.25) is 6.41 Å². The Morgan fingerprint density at radius 2 is 0.950 bits per heavy atom. The first kappa shape index (κ1) is 17.4. The van der Waals surface area contributed by atoms with Crippen LogP contribution in [0, 0.1) is 0 Å². The van der Waals surface area contributed by atoms with Crippen molar-refractivity contribution in [1.82, 2.24) is 19.6 Å². The molecule has 0 radical (unpaired) electrons. The van der Waals surface area contributed by atoms with Crippen LogP contribution in [0.4, 0.5) is 0 Å². The van der Waals surface area contributed by atoms with Gasteiger partial charge < -0.3 is 19.6 Å². The van der Waals surface area contributed by atoms with Gasteiger partial charge in [0.05, 0.1) is 0 Å². The van der Waals surface area contributed by atoms with Crippen LogP contribution < -0.4 is 0 Å². The van der Waals surface area contributed by atoms with Crippen molar-refractivity contribution in [3.63, 3.8) is 0 Å². The lowest BCUT2D eigenvalue weighted by molar-refractivity contribution is -0.118. The lowest BCUT2D eigenvalue weighted by Crippen LogP contribution is -2.45. The first-order chi connectivity index (χ1) is 9.73. The van der Waals surface area contributed by atoms with Crippen LogP contribution >= 0.6 is 0 Å². The van der Waals surface area contributed by atoms with Crippen molar-refractivity contribution in [3.8, 4) is 0 Å². The van der Waals surface area contributed by atoms with E-state index in [1.807, 2.05) is 4.90 Å². The first-order valence-corrected chi connectivity index (χ1v) is 8.09. The summed E-state index contributed by atoms with van der Waals surface area (Å²) in [6.07, 6.45) is 1.01. The molecule has 1 aliphatic heterocycles. The van der Waals surface area contributed by atoms with Crippen LogP contribution in [0.5, 0.6) is 0 Å². The summed E-state index contributed by atoms with van der Waals surface area (Å²) < 4.78 is 0. The van der Waals surface area contributed by atoms with Gasteiger partial charge in [-0.3, -0.25) is 4.79 Å². The van der Waals surface area contributed by atoms with Crippen LogP contribution in [0.2, 0.25) is 0 Å². The van der Waals surface area contributed by atoms with Gasteiger partial charge in [0.15, 0.2) is 0 Å². The summed E-state index contributed by atoms with van der Waals surface area (Å²) in [5.41, 5.74) is 0. The van der Waals surface area contributed by atoms with Crippen LogP contribution in [0.15, 0.2) is 0 Å². The molecule has 1 heterocycles. The lowest BCUT2D eigenvalue weighted by Gasteiger charge is -2.32. The molecule has 1 amide bonds. The topological polar surface area (TPSA) is 30.0 Å². The largest absolute Gasteiger partial charge is 0.343 e. The molecule has 0 atom stereocenters. The fourth-order valence-electron chi connectivity index (χ4n) is 2.61. The van der Waals surface area contributed by atoms with Gasteiger partial charge in [0.1, 0.15) is 0 Å². The molecule has 0 aromatic rings. The number of likely N-dealkylation sites (N-methyl/N-ethyl adjacent to an activating group) is 3. The van der Waals surface area contributed by atoms with Crippen molar-refractivity contribution < 1.29 is 4.79 Å². The first-order valence-electron chi connectivity index (χ1n) is 8.09. The molecule has 0 aliphatic carbocycles. The van der Waals surface area contributed by atoms with Crippen LogP contribution in [-0.4, -0.2) is 98.0 Å². The molecule has 1 saturated heterocycles. The minimum Gasteiger partial charge on any atom is -0.343 e. The van der Waals surface area contributed by atoms with Gasteiger partial charge in [-0.15, -0.1) is 0 Å². The fourth-order valence-corrected chi connectivity index (χ4v) is 2.61. The molecule has 5 heteroatoms. The van der Waals surface area contributed by atoms with E-state index in [-0.39, 0.29) is 0 Å². The average Bonchev–Trinajstić information content (AvgIpc) is 2.48. The van der Waals surface area contributed by atoms with E-state index in [4.69, 9.17) is 0 Å². The van der Waals surface area contributed by atoms with Gasteiger partial charge >= 0.3 is 0 Å². The van der Waals surface area contributed by atoms with Gasteiger partial charge in [-0.1, -0.05) is 20.8 Å². The Morgan fingerprint density at radius 3 is 1.20 bits per heavy atom. The number of hydrogen-bond donors (Lipinski definition) is 0. The third-order valence-corrected chi connectivity index (χ3v) is 4.36. The second-order valence-electron chi connectivity index (χ2n) is 5.44. The molecule has 1 fully saturated rings. The number of amides is 1. The van der Waals surface area contributed by atoms with E-state index in [1.165, 1.54) is 0 Å². The van der Waals surface area contributed by atoms with Gasteiger partial charge in [-0.05, 0) is 19.6 Å². The number of hydrogen-bond acceptors (Lipinski definition) is 4. The second-order valence-corrected chi connectivity index (χ2v) is 5.44. The summed E-state index contributed by atoms with van der Waals surface area (Å²) in [5.74, 6) is 0. The predicted molar refractivity (Wildman–Crippen MR) is 84.0 cm³/mol. The smallest absolute Gasteiger partial charge is 0.209 e. The molecule has 0 N–H and O–H groups in total. The van der Waals surface area contributed by atoms with Crippen LogP contribution in [-0.2, 0) is 4.79 Å². The minimum absolute atomic E-state index is 0.848. The molecule has 0 unspecified atom stereocenters. The summed E-state index contributed by atoms with van der Waals surface area (Å²) in [7, 11) is 0. The molecule has 0 bridgehead atoms. The van der Waals surface area contributed by atoms with Gasteiger partial charge in [-0.25, -0.2) is 0 Å².